The Morgan fingerprint density at radius 2 is 1.95 bits per heavy atom. The maximum Gasteiger partial charge on any atom is 0.268 e. The summed E-state index contributed by atoms with van der Waals surface area (Å²) in [6.07, 6.45) is -0.401. The van der Waals surface area contributed by atoms with E-state index in [2.05, 4.69) is 13.8 Å². The smallest absolute Gasteiger partial charge is 0.268 e. The van der Waals surface area contributed by atoms with E-state index in [1.54, 1.807) is 4.90 Å². The molecule has 0 saturated heterocycles. The molecule has 1 aliphatic heterocycles. The number of fused-ring (bicyclic) bond motifs is 1. The molecule has 2 unspecified atom stereocenters. The topological polar surface area (TPSA) is 55.6 Å². The van der Waals surface area contributed by atoms with Gasteiger partial charge in [0, 0.05) is 12.6 Å². The van der Waals surface area contributed by atoms with Crippen LogP contribution in [0.15, 0.2) is 18.2 Å². The van der Waals surface area contributed by atoms with Gasteiger partial charge in [0.1, 0.15) is 5.75 Å². The van der Waals surface area contributed by atoms with Crippen molar-refractivity contribution in [3.63, 3.8) is 0 Å². The lowest BCUT2D eigenvalue weighted by Gasteiger charge is -2.36. The fourth-order valence-corrected chi connectivity index (χ4v) is 2.64. The molecule has 1 aromatic carbocycles. The Morgan fingerprint density at radius 3 is 2.48 bits per heavy atom. The van der Waals surface area contributed by atoms with Gasteiger partial charge in [-0.1, -0.05) is 33.8 Å². The molecule has 1 aliphatic rings. The summed E-state index contributed by atoms with van der Waals surface area (Å²) < 4.78 is 5.90. The lowest BCUT2D eigenvalue weighted by molar-refractivity contribution is -0.128. The standard InChI is InChI=1S/C17H26N2O2/c1-6-19-13-9-12(15(18)10(2)3)7-8-14(13)21-16(11(4)5)17(19)20/h7-11,15-16H,6,18H2,1-5H3. The van der Waals surface area contributed by atoms with Gasteiger partial charge in [0.25, 0.3) is 5.91 Å². The number of nitrogens with two attached hydrogens (primary N) is 1. The Balaban J connectivity index is 2.43. The molecule has 2 rings (SSSR count). The van der Waals surface area contributed by atoms with Gasteiger partial charge < -0.3 is 15.4 Å². The number of nitrogens with zero attached hydrogens (tertiary/aromatic N) is 1. The molecule has 1 aromatic rings. The van der Waals surface area contributed by atoms with E-state index in [-0.39, 0.29) is 17.9 Å². The van der Waals surface area contributed by atoms with Crippen LogP contribution >= 0.6 is 0 Å². The fraction of sp³-hybridized carbons (Fsp3) is 0.588. The predicted molar refractivity (Wildman–Crippen MR) is 85.5 cm³/mol. The van der Waals surface area contributed by atoms with Crippen molar-refractivity contribution >= 4 is 11.6 Å². The van der Waals surface area contributed by atoms with Gasteiger partial charge in [-0.05, 0) is 36.5 Å². The summed E-state index contributed by atoms with van der Waals surface area (Å²) in [6.45, 7) is 10.8. The molecule has 21 heavy (non-hydrogen) atoms. The van der Waals surface area contributed by atoms with E-state index in [9.17, 15) is 4.79 Å². The van der Waals surface area contributed by atoms with E-state index < -0.39 is 6.10 Å². The third-order valence-electron chi connectivity index (χ3n) is 4.06. The molecular weight excluding hydrogens is 264 g/mol. The molecule has 116 valence electrons. The van der Waals surface area contributed by atoms with Gasteiger partial charge >= 0.3 is 0 Å². The third-order valence-corrected chi connectivity index (χ3v) is 4.06. The maximum absolute atomic E-state index is 12.5. The van der Waals surface area contributed by atoms with Gasteiger partial charge in [0.15, 0.2) is 6.10 Å². The van der Waals surface area contributed by atoms with Gasteiger partial charge in [-0.3, -0.25) is 4.79 Å². The molecule has 0 aromatic heterocycles. The van der Waals surface area contributed by atoms with Crippen molar-refractivity contribution in [3.05, 3.63) is 23.8 Å². The van der Waals surface area contributed by atoms with Crippen molar-refractivity contribution in [3.8, 4) is 5.75 Å². The van der Waals surface area contributed by atoms with Crippen molar-refractivity contribution in [1.29, 1.82) is 0 Å². The van der Waals surface area contributed by atoms with E-state index in [4.69, 9.17) is 10.5 Å². The highest BCUT2D eigenvalue weighted by Gasteiger charge is 2.35. The minimum Gasteiger partial charge on any atom is -0.478 e. The predicted octanol–water partition coefficient (Wildman–Crippen LogP) is 3.11. The summed E-state index contributed by atoms with van der Waals surface area (Å²) in [5.74, 6) is 1.31. The zero-order chi connectivity index (χ0) is 15.7. The van der Waals surface area contributed by atoms with Crippen molar-refractivity contribution in [2.24, 2.45) is 17.6 Å². The van der Waals surface area contributed by atoms with Crippen LogP contribution in [0.1, 0.15) is 46.2 Å². The third kappa shape index (κ3) is 2.91. The molecule has 0 bridgehead atoms. The summed E-state index contributed by atoms with van der Waals surface area (Å²) in [4.78, 5) is 14.4. The van der Waals surface area contributed by atoms with Crippen molar-refractivity contribution < 1.29 is 9.53 Å². The normalized spacial score (nSPS) is 19.7. The molecule has 0 spiro atoms. The number of ether oxygens (including phenoxy) is 1. The van der Waals surface area contributed by atoms with Crippen LogP contribution in [0.25, 0.3) is 0 Å². The highest BCUT2D eigenvalue weighted by molar-refractivity contribution is 6.00. The monoisotopic (exact) mass is 290 g/mol. The highest BCUT2D eigenvalue weighted by Crippen LogP contribution is 2.38. The SMILES string of the molecule is CCN1C(=O)C(C(C)C)Oc2ccc(C(N)C(C)C)cc21. The minimum absolute atomic E-state index is 0.0352. The van der Waals surface area contributed by atoms with Gasteiger partial charge in [-0.25, -0.2) is 0 Å². The second kappa shape index (κ2) is 6.06. The Kier molecular flexibility index (Phi) is 4.57. The molecule has 1 amide bonds. The molecule has 0 fully saturated rings. The second-order valence-electron chi connectivity index (χ2n) is 6.36. The van der Waals surface area contributed by atoms with Gasteiger partial charge in [0.2, 0.25) is 0 Å². The summed E-state index contributed by atoms with van der Waals surface area (Å²) in [5, 5.41) is 0. The van der Waals surface area contributed by atoms with Crippen LogP contribution < -0.4 is 15.4 Å². The number of hydrogen-bond acceptors (Lipinski definition) is 3. The summed E-state index contributed by atoms with van der Waals surface area (Å²) in [6, 6.07) is 5.91. The van der Waals surface area contributed by atoms with Crippen LogP contribution in [0.4, 0.5) is 5.69 Å². The zero-order valence-corrected chi connectivity index (χ0v) is 13.6. The molecule has 1 heterocycles. The van der Waals surface area contributed by atoms with E-state index in [1.807, 2.05) is 39.0 Å². The summed E-state index contributed by atoms with van der Waals surface area (Å²) in [5.41, 5.74) is 8.11. The number of rotatable bonds is 4. The molecular formula is C17H26N2O2. The molecule has 0 aliphatic carbocycles. The number of anilines is 1. The van der Waals surface area contributed by atoms with E-state index in [0.29, 0.717) is 12.5 Å². The Morgan fingerprint density at radius 1 is 1.29 bits per heavy atom. The van der Waals surface area contributed by atoms with Gasteiger partial charge in [-0.2, -0.15) is 0 Å². The first-order chi connectivity index (χ1) is 9.86. The van der Waals surface area contributed by atoms with Crippen molar-refractivity contribution in [2.45, 2.75) is 46.8 Å². The molecule has 0 saturated carbocycles. The highest BCUT2D eigenvalue weighted by atomic mass is 16.5. The Hall–Kier alpha value is -1.55. The van der Waals surface area contributed by atoms with E-state index >= 15 is 0 Å². The molecule has 2 N–H and O–H groups in total. The summed E-state index contributed by atoms with van der Waals surface area (Å²) in [7, 11) is 0. The number of likely N-dealkylation sites (N-methyl/N-ethyl adjacent to an activating group) is 1. The average molecular weight is 290 g/mol. The number of amides is 1. The number of hydrogen-bond donors (Lipinski definition) is 1. The first kappa shape index (κ1) is 15.8. The Bertz CT molecular complexity index is 526. The Labute approximate surface area is 127 Å². The number of benzene rings is 1. The molecule has 4 nitrogen and oxygen atoms in total. The van der Waals surface area contributed by atoms with E-state index in [0.717, 1.165) is 17.0 Å². The maximum atomic E-state index is 12.5. The first-order valence-electron chi connectivity index (χ1n) is 7.74. The van der Waals surface area contributed by atoms with Crippen LogP contribution in [0.2, 0.25) is 0 Å². The van der Waals surface area contributed by atoms with Crippen molar-refractivity contribution in [1.82, 2.24) is 0 Å². The number of carbonyl (C=O) groups is 1. The molecule has 4 heteroatoms. The van der Waals surface area contributed by atoms with Gasteiger partial charge in [-0.15, -0.1) is 0 Å². The first-order valence-corrected chi connectivity index (χ1v) is 7.74. The van der Waals surface area contributed by atoms with Crippen LogP contribution in [0.5, 0.6) is 5.75 Å². The lowest BCUT2D eigenvalue weighted by Crippen LogP contribution is -2.48. The van der Waals surface area contributed by atoms with Crippen LogP contribution in [0, 0.1) is 11.8 Å². The van der Waals surface area contributed by atoms with Crippen LogP contribution in [-0.4, -0.2) is 18.6 Å². The molecule has 2 atom stereocenters. The largest absolute Gasteiger partial charge is 0.478 e. The minimum atomic E-state index is -0.401. The van der Waals surface area contributed by atoms with Crippen molar-refractivity contribution in [2.75, 3.05) is 11.4 Å². The van der Waals surface area contributed by atoms with Gasteiger partial charge in [0.05, 0.1) is 5.69 Å². The molecule has 0 radical (unpaired) electrons. The second-order valence-corrected chi connectivity index (χ2v) is 6.36. The van der Waals surface area contributed by atoms with Crippen LogP contribution in [0.3, 0.4) is 0 Å². The average Bonchev–Trinajstić information content (AvgIpc) is 2.44. The zero-order valence-electron chi connectivity index (χ0n) is 13.6. The fourth-order valence-electron chi connectivity index (χ4n) is 2.64. The quantitative estimate of drug-likeness (QED) is 0.927. The van der Waals surface area contributed by atoms with Crippen LogP contribution in [-0.2, 0) is 4.79 Å². The van der Waals surface area contributed by atoms with E-state index in [1.165, 1.54) is 0 Å². The number of carbonyl (C=O) groups excluding carboxylic acids is 1. The summed E-state index contributed by atoms with van der Waals surface area (Å²) >= 11 is 0. The lowest BCUT2D eigenvalue weighted by atomic mass is 9.95.